The Bertz CT molecular complexity index is 1030. The first-order chi connectivity index (χ1) is 13.7. The minimum Gasteiger partial charge on any atom is -0.255 e. The van der Waals surface area contributed by atoms with Crippen molar-refractivity contribution >= 4 is 0 Å². The molecule has 0 spiro atoms. The van der Waals surface area contributed by atoms with Gasteiger partial charge < -0.3 is 0 Å². The third kappa shape index (κ3) is 3.80. The van der Waals surface area contributed by atoms with Gasteiger partial charge in [0.25, 0.3) is 0 Å². The fourth-order valence-electron chi connectivity index (χ4n) is 3.17. The van der Waals surface area contributed by atoms with Crippen LogP contribution in [-0.2, 0) is 13.0 Å². The number of pyridine rings is 1. The van der Waals surface area contributed by atoms with Crippen LogP contribution in [-0.4, -0.2) is 40.4 Å². The van der Waals surface area contributed by atoms with E-state index in [9.17, 15) is 0 Å². The number of aromatic amines is 1. The quantitative estimate of drug-likeness (QED) is 0.533. The zero-order valence-electron chi connectivity index (χ0n) is 16.0. The van der Waals surface area contributed by atoms with Gasteiger partial charge in [0.15, 0.2) is 0 Å². The van der Waals surface area contributed by atoms with Crippen molar-refractivity contribution in [1.29, 1.82) is 0 Å². The number of tetrazole rings is 1. The molecule has 8 nitrogen and oxygen atoms in total. The van der Waals surface area contributed by atoms with E-state index in [1.54, 1.807) is 6.20 Å². The Balaban J connectivity index is 1.58. The van der Waals surface area contributed by atoms with Gasteiger partial charge in [-0.3, -0.25) is 4.98 Å². The molecule has 3 heterocycles. The van der Waals surface area contributed by atoms with Gasteiger partial charge >= 0.3 is 0 Å². The molecule has 0 atom stereocenters. The average molecular weight is 374 g/mol. The number of aryl methyl sites for hydroxylation is 2. The normalized spacial score (nSPS) is 11.1. The summed E-state index contributed by atoms with van der Waals surface area (Å²) in [7, 11) is 0. The lowest BCUT2D eigenvalue weighted by atomic mass is 10.0. The van der Waals surface area contributed by atoms with Crippen LogP contribution in [0.2, 0.25) is 0 Å². The first-order valence-electron chi connectivity index (χ1n) is 9.43. The maximum Gasteiger partial charge on any atom is 0.206 e. The average Bonchev–Trinajstić information content (AvgIpc) is 3.37. The summed E-state index contributed by atoms with van der Waals surface area (Å²) in [5.74, 6) is 2.36. The summed E-state index contributed by atoms with van der Waals surface area (Å²) in [6, 6.07) is 12.2. The van der Waals surface area contributed by atoms with Gasteiger partial charge in [-0.15, -0.1) is 10.2 Å². The number of H-pyrrole nitrogens is 1. The summed E-state index contributed by atoms with van der Waals surface area (Å²) >= 11 is 0. The highest BCUT2D eigenvalue weighted by Gasteiger charge is 2.13. The van der Waals surface area contributed by atoms with E-state index < -0.39 is 0 Å². The fourth-order valence-corrected chi connectivity index (χ4v) is 3.17. The summed E-state index contributed by atoms with van der Waals surface area (Å²) in [5, 5.41) is 18.8. The molecule has 0 aliphatic rings. The molecule has 142 valence electrons. The molecule has 1 N–H and O–H groups in total. The predicted octanol–water partition coefficient (Wildman–Crippen LogP) is 3.22. The summed E-state index contributed by atoms with van der Waals surface area (Å²) in [6.45, 7) is 5.03. The van der Waals surface area contributed by atoms with E-state index >= 15 is 0 Å². The number of hydrogen-bond donors (Lipinski definition) is 1. The molecular formula is C20H22N8. The smallest absolute Gasteiger partial charge is 0.206 e. The molecule has 4 rings (SSSR count). The maximum atomic E-state index is 4.60. The first-order valence-corrected chi connectivity index (χ1v) is 9.43. The number of nitrogens with zero attached hydrogens (tertiary/aromatic N) is 7. The Labute approximate surface area is 163 Å². The van der Waals surface area contributed by atoms with Crippen LogP contribution in [0.1, 0.15) is 37.0 Å². The standard InChI is InChI=1S/C20H22N8/c1-3-4-12-28-18(22-14(2)25-28)13-15-7-9-16(10-8-15)19-17(6-5-11-21-19)20-23-26-27-24-20/h5-11H,3-4,12-13H2,1-2H3,(H,23,24,26,27). The van der Waals surface area contributed by atoms with Crippen molar-refractivity contribution in [3.63, 3.8) is 0 Å². The lowest BCUT2D eigenvalue weighted by molar-refractivity contribution is 0.547. The third-order valence-electron chi connectivity index (χ3n) is 4.56. The van der Waals surface area contributed by atoms with Gasteiger partial charge in [-0.25, -0.2) is 9.67 Å². The van der Waals surface area contributed by atoms with E-state index in [4.69, 9.17) is 0 Å². The molecule has 0 unspecified atom stereocenters. The second-order valence-electron chi connectivity index (χ2n) is 6.66. The molecule has 4 aromatic rings. The molecule has 0 fully saturated rings. The van der Waals surface area contributed by atoms with Crippen LogP contribution < -0.4 is 0 Å². The highest BCUT2D eigenvalue weighted by Crippen LogP contribution is 2.27. The second-order valence-corrected chi connectivity index (χ2v) is 6.66. The topological polar surface area (TPSA) is 98.1 Å². The van der Waals surface area contributed by atoms with Gasteiger partial charge in [0.05, 0.1) is 5.69 Å². The molecule has 3 aromatic heterocycles. The monoisotopic (exact) mass is 374 g/mol. The van der Waals surface area contributed by atoms with Crippen LogP contribution in [0, 0.1) is 6.92 Å². The summed E-state index contributed by atoms with van der Waals surface area (Å²) in [5.41, 5.74) is 3.87. The van der Waals surface area contributed by atoms with E-state index in [0.717, 1.165) is 54.3 Å². The van der Waals surface area contributed by atoms with Crippen LogP contribution in [0.3, 0.4) is 0 Å². The van der Waals surface area contributed by atoms with Crippen molar-refractivity contribution in [1.82, 2.24) is 40.4 Å². The Morgan fingerprint density at radius 3 is 2.71 bits per heavy atom. The van der Waals surface area contributed by atoms with E-state index in [0.29, 0.717) is 5.82 Å². The van der Waals surface area contributed by atoms with Crippen molar-refractivity contribution < 1.29 is 0 Å². The number of benzene rings is 1. The minimum atomic E-state index is 0.534. The molecule has 28 heavy (non-hydrogen) atoms. The lowest BCUT2D eigenvalue weighted by Gasteiger charge is -2.08. The zero-order chi connectivity index (χ0) is 19.3. The summed E-state index contributed by atoms with van der Waals surface area (Å²) < 4.78 is 2.03. The van der Waals surface area contributed by atoms with Crippen LogP contribution in [0.5, 0.6) is 0 Å². The molecule has 0 bridgehead atoms. The Kier molecular flexibility index (Phi) is 5.18. The Morgan fingerprint density at radius 2 is 1.96 bits per heavy atom. The van der Waals surface area contributed by atoms with Crippen molar-refractivity contribution in [2.75, 3.05) is 0 Å². The largest absolute Gasteiger partial charge is 0.255 e. The van der Waals surface area contributed by atoms with Crippen LogP contribution >= 0.6 is 0 Å². The number of nitrogens with one attached hydrogen (secondary N) is 1. The van der Waals surface area contributed by atoms with Gasteiger partial charge in [-0.2, -0.15) is 10.3 Å². The van der Waals surface area contributed by atoms with Gasteiger partial charge in [0.2, 0.25) is 5.82 Å². The fraction of sp³-hybridized carbons (Fsp3) is 0.300. The molecule has 0 saturated carbocycles. The van der Waals surface area contributed by atoms with E-state index in [2.05, 4.69) is 66.9 Å². The molecule has 1 aromatic carbocycles. The SMILES string of the molecule is CCCCn1nc(C)nc1Cc1ccc(-c2ncccc2-c2nn[nH]n2)cc1. The van der Waals surface area contributed by atoms with Gasteiger partial charge in [0.1, 0.15) is 11.6 Å². The number of aromatic nitrogens is 8. The van der Waals surface area contributed by atoms with Crippen LogP contribution in [0.25, 0.3) is 22.6 Å². The molecule has 0 radical (unpaired) electrons. The summed E-state index contributed by atoms with van der Waals surface area (Å²) in [6.07, 6.45) is 4.77. The van der Waals surface area contributed by atoms with Gasteiger partial charge in [-0.1, -0.05) is 37.6 Å². The number of hydrogen-bond acceptors (Lipinski definition) is 6. The number of rotatable bonds is 7. The van der Waals surface area contributed by atoms with Crippen molar-refractivity contribution in [2.24, 2.45) is 0 Å². The maximum absolute atomic E-state index is 4.60. The van der Waals surface area contributed by atoms with E-state index in [1.807, 2.05) is 23.7 Å². The summed E-state index contributed by atoms with van der Waals surface area (Å²) in [4.78, 5) is 9.12. The van der Waals surface area contributed by atoms with Crippen molar-refractivity contribution in [3.05, 3.63) is 59.8 Å². The third-order valence-corrected chi connectivity index (χ3v) is 4.56. The Hall–Kier alpha value is -3.42. The van der Waals surface area contributed by atoms with E-state index in [1.165, 1.54) is 5.56 Å². The molecular weight excluding hydrogens is 352 g/mol. The highest BCUT2D eigenvalue weighted by atomic mass is 15.5. The molecule has 0 aliphatic heterocycles. The van der Waals surface area contributed by atoms with E-state index in [-0.39, 0.29) is 0 Å². The first kappa shape index (κ1) is 18.0. The molecule has 8 heteroatoms. The van der Waals surface area contributed by atoms with Crippen LogP contribution in [0.4, 0.5) is 0 Å². The van der Waals surface area contributed by atoms with Crippen molar-refractivity contribution in [3.8, 4) is 22.6 Å². The molecule has 0 amide bonds. The predicted molar refractivity (Wildman–Crippen MR) is 105 cm³/mol. The highest BCUT2D eigenvalue weighted by molar-refractivity contribution is 5.76. The zero-order valence-corrected chi connectivity index (χ0v) is 16.0. The molecule has 0 aliphatic carbocycles. The molecule has 0 saturated heterocycles. The number of unbranched alkanes of at least 4 members (excludes halogenated alkanes) is 1. The minimum absolute atomic E-state index is 0.534. The van der Waals surface area contributed by atoms with Crippen molar-refractivity contribution in [2.45, 2.75) is 39.7 Å². The lowest BCUT2D eigenvalue weighted by Crippen LogP contribution is -2.06. The second kappa shape index (κ2) is 8.08. The van der Waals surface area contributed by atoms with Gasteiger partial charge in [-0.05, 0) is 36.3 Å². The van der Waals surface area contributed by atoms with Gasteiger partial charge in [0, 0.05) is 30.3 Å². The van der Waals surface area contributed by atoms with Crippen LogP contribution in [0.15, 0.2) is 42.6 Å². The Morgan fingerprint density at radius 1 is 1.11 bits per heavy atom.